The first-order valence-electron chi connectivity index (χ1n) is 7.82. The molecule has 3 rings (SSSR count). The third-order valence-electron chi connectivity index (χ3n) is 4.27. The van der Waals surface area contributed by atoms with E-state index < -0.39 is 0 Å². The highest BCUT2D eigenvalue weighted by atomic mass is 16.2. The van der Waals surface area contributed by atoms with E-state index in [1.54, 1.807) is 17.2 Å². The lowest BCUT2D eigenvalue weighted by molar-refractivity contribution is -0.130. The summed E-state index contributed by atoms with van der Waals surface area (Å²) in [5.74, 6) is -0.489. The summed E-state index contributed by atoms with van der Waals surface area (Å²) < 4.78 is 0. The van der Waals surface area contributed by atoms with Gasteiger partial charge in [-0.1, -0.05) is 12.2 Å². The minimum absolute atomic E-state index is 0.0855. The molecule has 118 valence electrons. The number of aryl methyl sites for hydroxylation is 1. The Morgan fingerprint density at radius 1 is 1.48 bits per heavy atom. The standard InChI is InChI=1S/C17H18N4O2/c18-10-12-4-3-9-21(12)16(22)11-20-17(23)14-7-8-19-15-6-2-1-5-13(14)15/h1,5,7-8,12H,2-4,6,9,11H2,(H,20,23)/t12-/m0/s1. The molecule has 0 aromatic carbocycles. The summed E-state index contributed by atoms with van der Waals surface area (Å²) in [6.45, 7) is 0.498. The van der Waals surface area contributed by atoms with Crippen molar-refractivity contribution in [3.05, 3.63) is 35.2 Å². The molecule has 2 amide bonds. The van der Waals surface area contributed by atoms with Crippen molar-refractivity contribution in [2.75, 3.05) is 13.1 Å². The van der Waals surface area contributed by atoms with Crippen molar-refractivity contribution >= 4 is 17.9 Å². The van der Waals surface area contributed by atoms with Gasteiger partial charge in [-0.3, -0.25) is 14.6 Å². The molecule has 6 nitrogen and oxygen atoms in total. The summed E-state index contributed by atoms with van der Waals surface area (Å²) >= 11 is 0. The second-order valence-electron chi connectivity index (χ2n) is 5.72. The summed E-state index contributed by atoms with van der Waals surface area (Å²) in [4.78, 5) is 30.4. The van der Waals surface area contributed by atoms with Gasteiger partial charge in [-0.05, 0) is 31.7 Å². The molecule has 2 heterocycles. The normalized spacial score (nSPS) is 19.1. The van der Waals surface area contributed by atoms with Gasteiger partial charge in [0.15, 0.2) is 0 Å². The van der Waals surface area contributed by atoms with Gasteiger partial charge in [-0.25, -0.2) is 0 Å². The molecule has 0 bridgehead atoms. The van der Waals surface area contributed by atoms with Crippen molar-refractivity contribution in [1.82, 2.24) is 15.2 Å². The monoisotopic (exact) mass is 310 g/mol. The first kappa shape index (κ1) is 15.2. The van der Waals surface area contributed by atoms with Gasteiger partial charge in [0.25, 0.3) is 5.91 Å². The lowest BCUT2D eigenvalue weighted by Crippen LogP contribution is -2.42. The Morgan fingerprint density at radius 2 is 2.35 bits per heavy atom. The highest BCUT2D eigenvalue weighted by Gasteiger charge is 2.28. The number of carbonyl (C=O) groups excluding carboxylic acids is 2. The average molecular weight is 310 g/mol. The molecule has 0 radical (unpaired) electrons. The summed E-state index contributed by atoms with van der Waals surface area (Å²) in [5, 5.41) is 11.7. The molecular weight excluding hydrogens is 292 g/mol. The van der Waals surface area contributed by atoms with Gasteiger partial charge in [-0.15, -0.1) is 0 Å². The van der Waals surface area contributed by atoms with E-state index in [1.165, 1.54) is 0 Å². The Balaban J connectivity index is 1.66. The molecule has 1 fully saturated rings. The van der Waals surface area contributed by atoms with Crippen molar-refractivity contribution in [3.63, 3.8) is 0 Å². The number of pyridine rings is 1. The number of nitriles is 1. The summed E-state index contributed by atoms with van der Waals surface area (Å²) in [6, 6.07) is 3.43. The maximum Gasteiger partial charge on any atom is 0.252 e. The lowest BCUT2D eigenvalue weighted by atomic mass is 9.98. The largest absolute Gasteiger partial charge is 0.343 e. The van der Waals surface area contributed by atoms with Crippen molar-refractivity contribution < 1.29 is 9.59 Å². The number of nitrogens with one attached hydrogen (secondary N) is 1. The van der Waals surface area contributed by atoms with Crippen molar-refractivity contribution in [2.45, 2.75) is 31.7 Å². The fourth-order valence-corrected chi connectivity index (χ4v) is 3.07. The zero-order valence-corrected chi connectivity index (χ0v) is 12.8. The van der Waals surface area contributed by atoms with Gasteiger partial charge >= 0.3 is 0 Å². The van der Waals surface area contributed by atoms with Crippen molar-refractivity contribution in [2.24, 2.45) is 0 Å². The van der Waals surface area contributed by atoms with Gasteiger partial charge in [0.1, 0.15) is 6.04 Å². The SMILES string of the molecule is N#C[C@@H]1CCCN1C(=O)CNC(=O)c1ccnc2c1C=CCC2. The van der Waals surface area contributed by atoms with Gasteiger partial charge in [-0.2, -0.15) is 5.26 Å². The van der Waals surface area contributed by atoms with Gasteiger partial charge in [0.2, 0.25) is 5.91 Å². The molecule has 1 aliphatic carbocycles. The Hall–Kier alpha value is -2.68. The third kappa shape index (κ3) is 3.09. The van der Waals surface area contributed by atoms with Crippen molar-refractivity contribution in [3.8, 4) is 6.07 Å². The van der Waals surface area contributed by atoms with Crippen LogP contribution in [-0.2, 0) is 11.2 Å². The van der Waals surface area contributed by atoms with Crippen LogP contribution in [0.2, 0.25) is 0 Å². The van der Waals surface area contributed by atoms with Gasteiger partial charge < -0.3 is 10.2 Å². The van der Waals surface area contributed by atoms with Crippen LogP contribution in [0.3, 0.4) is 0 Å². The molecule has 1 aromatic rings. The highest BCUT2D eigenvalue weighted by molar-refractivity contribution is 5.99. The van der Waals surface area contributed by atoms with E-state index in [4.69, 9.17) is 5.26 Å². The van der Waals surface area contributed by atoms with Crippen LogP contribution in [-0.4, -0.2) is 40.8 Å². The molecule has 0 spiro atoms. The average Bonchev–Trinajstić information content (AvgIpc) is 3.07. The quantitative estimate of drug-likeness (QED) is 0.911. The molecule has 2 aliphatic rings. The Kier molecular flexibility index (Phi) is 4.38. The number of likely N-dealkylation sites (tertiary alicyclic amines) is 1. The molecule has 1 aliphatic heterocycles. The Bertz CT molecular complexity index is 705. The van der Waals surface area contributed by atoms with Crippen LogP contribution >= 0.6 is 0 Å². The number of allylic oxidation sites excluding steroid dienone is 1. The third-order valence-corrected chi connectivity index (χ3v) is 4.27. The number of rotatable bonds is 3. The second kappa shape index (κ2) is 6.61. The Morgan fingerprint density at radius 3 is 3.17 bits per heavy atom. The van der Waals surface area contributed by atoms with E-state index in [9.17, 15) is 9.59 Å². The molecular formula is C17H18N4O2. The van der Waals surface area contributed by atoms with Crippen LogP contribution in [0, 0.1) is 11.3 Å². The van der Waals surface area contributed by atoms with E-state index in [-0.39, 0.29) is 24.4 Å². The zero-order valence-electron chi connectivity index (χ0n) is 12.8. The second-order valence-corrected chi connectivity index (χ2v) is 5.72. The summed E-state index contributed by atoms with van der Waals surface area (Å²) in [7, 11) is 0. The zero-order chi connectivity index (χ0) is 16.2. The number of nitrogens with zero attached hydrogens (tertiary/aromatic N) is 3. The first-order valence-corrected chi connectivity index (χ1v) is 7.82. The number of carbonyl (C=O) groups is 2. The highest BCUT2D eigenvalue weighted by Crippen LogP contribution is 2.21. The minimum atomic E-state index is -0.365. The number of hydrogen-bond donors (Lipinski definition) is 1. The molecule has 0 unspecified atom stereocenters. The molecule has 6 heteroatoms. The maximum atomic E-state index is 12.4. The fourth-order valence-electron chi connectivity index (χ4n) is 3.07. The van der Waals surface area contributed by atoms with Crippen LogP contribution < -0.4 is 5.32 Å². The van der Waals surface area contributed by atoms with E-state index in [2.05, 4.69) is 16.4 Å². The molecule has 0 saturated carbocycles. The number of fused-ring (bicyclic) bond motifs is 1. The first-order chi connectivity index (χ1) is 11.2. The van der Waals surface area contributed by atoms with Gasteiger partial charge in [0, 0.05) is 29.6 Å². The van der Waals surface area contributed by atoms with Crippen LogP contribution in [0.15, 0.2) is 18.3 Å². The van der Waals surface area contributed by atoms with E-state index in [1.807, 2.05) is 12.2 Å². The van der Waals surface area contributed by atoms with E-state index in [0.29, 0.717) is 18.5 Å². The predicted molar refractivity (Wildman–Crippen MR) is 84.3 cm³/mol. The van der Waals surface area contributed by atoms with Crippen LogP contribution in [0.4, 0.5) is 0 Å². The van der Waals surface area contributed by atoms with Crippen LogP contribution in [0.5, 0.6) is 0 Å². The summed E-state index contributed by atoms with van der Waals surface area (Å²) in [5.41, 5.74) is 2.28. The van der Waals surface area contributed by atoms with E-state index in [0.717, 1.165) is 30.5 Å². The predicted octanol–water partition coefficient (Wildman–Crippen LogP) is 1.29. The molecule has 1 N–H and O–H groups in total. The van der Waals surface area contributed by atoms with Crippen LogP contribution in [0.25, 0.3) is 6.08 Å². The van der Waals surface area contributed by atoms with E-state index >= 15 is 0 Å². The molecule has 1 atom stereocenters. The minimum Gasteiger partial charge on any atom is -0.343 e. The molecule has 1 aromatic heterocycles. The fraction of sp³-hybridized carbons (Fsp3) is 0.412. The summed E-state index contributed by atoms with van der Waals surface area (Å²) in [6.07, 6.45) is 8.85. The number of aromatic nitrogens is 1. The molecule has 23 heavy (non-hydrogen) atoms. The Labute approximate surface area is 134 Å². The molecule has 1 saturated heterocycles. The number of amides is 2. The van der Waals surface area contributed by atoms with Crippen LogP contribution in [0.1, 0.15) is 40.9 Å². The smallest absolute Gasteiger partial charge is 0.252 e. The topological polar surface area (TPSA) is 86.1 Å². The van der Waals surface area contributed by atoms with Crippen molar-refractivity contribution in [1.29, 1.82) is 5.26 Å². The number of hydrogen-bond acceptors (Lipinski definition) is 4. The maximum absolute atomic E-state index is 12.4. The lowest BCUT2D eigenvalue weighted by Gasteiger charge is -2.20. The van der Waals surface area contributed by atoms with Gasteiger partial charge in [0.05, 0.1) is 12.6 Å².